The highest BCUT2D eigenvalue weighted by molar-refractivity contribution is 6.01. The van der Waals surface area contributed by atoms with E-state index < -0.39 is 0 Å². The average molecular weight is 245 g/mol. The fourth-order valence-corrected chi connectivity index (χ4v) is 1.56. The van der Waals surface area contributed by atoms with Gasteiger partial charge in [-0.1, -0.05) is 12.1 Å². The fraction of sp³-hybridized carbons (Fsp3) is 0.250. The van der Waals surface area contributed by atoms with Crippen molar-refractivity contribution in [1.29, 1.82) is 0 Å². The van der Waals surface area contributed by atoms with Crippen LogP contribution in [0.5, 0.6) is 0 Å². The third-order valence-corrected chi connectivity index (χ3v) is 2.34. The van der Waals surface area contributed by atoms with Gasteiger partial charge in [-0.2, -0.15) is 5.10 Å². The SMILES string of the molecule is CN(C)Cc1ccc(NC(=O)c2ncn[nH]2)cc1. The van der Waals surface area contributed by atoms with Gasteiger partial charge in [0, 0.05) is 12.2 Å². The van der Waals surface area contributed by atoms with Crippen LogP contribution in [0, 0.1) is 0 Å². The maximum absolute atomic E-state index is 11.7. The molecule has 6 nitrogen and oxygen atoms in total. The first-order valence-electron chi connectivity index (χ1n) is 5.55. The summed E-state index contributed by atoms with van der Waals surface area (Å²) >= 11 is 0. The molecule has 0 radical (unpaired) electrons. The van der Waals surface area contributed by atoms with Gasteiger partial charge < -0.3 is 10.2 Å². The standard InChI is InChI=1S/C12H15N5O/c1-17(2)7-9-3-5-10(6-4-9)15-12(18)11-13-8-14-16-11/h3-6,8H,7H2,1-2H3,(H,15,18)(H,13,14,16). The third kappa shape index (κ3) is 3.14. The Hall–Kier alpha value is -2.21. The quantitative estimate of drug-likeness (QED) is 0.846. The Morgan fingerprint density at radius 3 is 2.61 bits per heavy atom. The van der Waals surface area contributed by atoms with E-state index in [0.717, 1.165) is 12.2 Å². The molecule has 0 aliphatic carbocycles. The predicted molar refractivity (Wildman–Crippen MR) is 68.2 cm³/mol. The second-order valence-corrected chi connectivity index (χ2v) is 4.22. The summed E-state index contributed by atoms with van der Waals surface area (Å²) in [4.78, 5) is 17.6. The molecule has 2 rings (SSSR count). The Kier molecular flexibility index (Phi) is 3.69. The zero-order chi connectivity index (χ0) is 13.0. The molecule has 0 atom stereocenters. The second kappa shape index (κ2) is 5.42. The number of carbonyl (C=O) groups is 1. The fourth-order valence-electron chi connectivity index (χ4n) is 1.56. The number of nitrogens with zero attached hydrogens (tertiary/aromatic N) is 3. The number of hydrogen-bond acceptors (Lipinski definition) is 4. The lowest BCUT2D eigenvalue weighted by Crippen LogP contribution is -2.14. The Labute approximate surface area is 105 Å². The largest absolute Gasteiger partial charge is 0.319 e. The summed E-state index contributed by atoms with van der Waals surface area (Å²) in [6.45, 7) is 0.871. The second-order valence-electron chi connectivity index (χ2n) is 4.22. The zero-order valence-corrected chi connectivity index (χ0v) is 10.3. The van der Waals surface area contributed by atoms with Gasteiger partial charge in [-0.3, -0.25) is 9.89 Å². The number of benzene rings is 1. The zero-order valence-electron chi connectivity index (χ0n) is 10.3. The highest BCUT2D eigenvalue weighted by atomic mass is 16.2. The molecule has 94 valence electrons. The van der Waals surface area contributed by atoms with Crippen molar-refractivity contribution in [2.75, 3.05) is 19.4 Å². The van der Waals surface area contributed by atoms with Crippen LogP contribution in [0.25, 0.3) is 0 Å². The van der Waals surface area contributed by atoms with Crippen LogP contribution in [0.15, 0.2) is 30.6 Å². The van der Waals surface area contributed by atoms with E-state index in [1.165, 1.54) is 11.9 Å². The molecular weight excluding hydrogens is 230 g/mol. The van der Waals surface area contributed by atoms with E-state index in [1.54, 1.807) is 0 Å². The van der Waals surface area contributed by atoms with Crippen LogP contribution in [-0.4, -0.2) is 40.1 Å². The molecule has 1 amide bonds. The molecule has 2 N–H and O–H groups in total. The Bertz CT molecular complexity index is 504. The molecule has 0 aliphatic heterocycles. The van der Waals surface area contributed by atoms with Crippen LogP contribution in [0.1, 0.15) is 16.2 Å². The van der Waals surface area contributed by atoms with Crippen LogP contribution < -0.4 is 5.32 Å². The molecule has 6 heteroatoms. The molecule has 0 bridgehead atoms. The number of hydrogen-bond donors (Lipinski definition) is 2. The van der Waals surface area contributed by atoms with Crippen molar-refractivity contribution in [1.82, 2.24) is 20.1 Å². The molecule has 2 aromatic rings. The van der Waals surface area contributed by atoms with Gasteiger partial charge in [0.1, 0.15) is 6.33 Å². The highest BCUT2D eigenvalue weighted by Crippen LogP contribution is 2.11. The average Bonchev–Trinajstić information content (AvgIpc) is 2.84. The maximum atomic E-state index is 11.7. The summed E-state index contributed by atoms with van der Waals surface area (Å²) in [6.07, 6.45) is 1.30. The molecule has 1 heterocycles. The number of carbonyl (C=O) groups excluding carboxylic acids is 1. The van der Waals surface area contributed by atoms with E-state index >= 15 is 0 Å². The van der Waals surface area contributed by atoms with E-state index in [9.17, 15) is 4.79 Å². The first kappa shape index (κ1) is 12.3. The molecule has 0 spiro atoms. The molecule has 1 aromatic carbocycles. The number of nitrogens with one attached hydrogen (secondary N) is 2. The van der Waals surface area contributed by atoms with Gasteiger partial charge in [0.2, 0.25) is 5.82 Å². The molecule has 0 unspecified atom stereocenters. The van der Waals surface area contributed by atoms with Gasteiger partial charge >= 0.3 is 0 Å². The topological polar surface area (TPSA) is 73.9 Å². The molecule has 18 heavy (non-hydrogen) atoms. The van der Waals surface area contributed by atoms with E-state index in [4.69, 9.17) is 0 Å². The van der Waals surface area contributed by atoms with Gasteiger partial charge in [-0.05, 0) is 31.8 Å². The monoisotopic (exact) mass is 245 g/mol. The number of aromatic nitrogens is 3. The van der Waals surface area contributed by atoms with Crippen LogP contribution >= 0.6 is 0 Å². The Balaban J connectivity index is 2.00. The van der Waals surface area contributed by atoms with Crippen LogP contribution in [0.3, 0.4) is 0 Å². The number of rotatable bonds is 4. The summed E-state index contributed by atoms with van der Waals surface area (Å²) in [7, 11) is 4.03. The van der Waals surface area contributed by atoms with E-state index in [2.05, 4.69) is 25.4 Å². The lowest BCUT2D eigenvalue weighted by atomic mass is 10.2. The number of anilines is 1. The molecule has 0 fully saturated rings. The van der Waals surface area contributed by atoms with Crippen LogP contribution in [-0.2, 0) is 6.54 Å². The summed E-state index contributed by atoms with van der Waals surface area (Å²) in [5.74, 6) is -0.0970. The molecule has 0 saturated carbocycles. The van der Waals surface area contributed by atoms with Crippen molar-refractivity contribution in [3.8, 4) is 0 Å². The van der Waals surface area contributed by atoms with Gasteiger partial charge in [0.05, 0.1) is 0 Å². The van der Waals surface area contributed by atoms with Gasteiger partial charge in [0.25, 0.3) is 5.91 Å². The van der Waals surface area contributed by atoms with Crippen molar-refractivity contribution in [2.45, 2.75) is 6.54 Å². The van der Waals surface area contributed by atoms with E-state index in [1.807, 2.05) is 38.4 Å². The predicted octanol–water partition coefficient (Wildman–Crippen LogP) is 1.12. The molecule has 1 aromatic heterocycles. The number of aromatic amines is 1. The van der Waals surface area contributed by atoms with E-state index in [0.29, 0.717) is 0 Å². The third-order valence-electron chi connectivity index (χ3n) is 2.34. The summed E-state index contributed by atoms with van der Waals surface area (Å²) in [6, 6.07) is 7.70. The minimum absolute atomic E-state index is 0.201. The highest BCUT2D eigenvalue weighted by Gasteiger charge is 2.08. The van der Waals surface area contributed by atoms with E-state index in [-0.39, 0.29) is 11.7 Å². The Morgan fingerprint density at radius 1 is 1.33 bits per heavy atom. The normalized spacial score (nSPS) is 10.6. The van der Waals surface area contributed by atoms with Gasteiger partial charge in [-0.15, -0.1) is 0 Å². The molecular formula is C12H15N5O. The van der Waals surface area contributed by atoms with Crippen molar-refractivity contribution in [3.63, 3.8) is 0 Å². The minimum atomic E-state index is -0.298. The van der Waals surface area contributed by atoms with Crippen LogP contribution in [0.4, 0.5) is 5.69 Å². The Morgan fingerprint density at radius 2 is 2.06 bits per heavy atom. The molecule has 0 saturated heterocycles. The maximum Gasteiger partial charge on any atom is 0.292 e. The van der Waals surface area contributed by atoms with Crippen molar-refractivity contribution >= 4 is 11.6 Å². The first-order chi connectivity index (χ1) is 8.65. The number of H-pyrrole nitrogens is 1. The lowest BCUT2D eigenvalue weighted by Gasteiger charge is -2.10. The molecule has 0 aliphatic rings. The van der Waals surface area contributed by atoms with Gasteiger partial charge in [-0.25, -0.2) is 4.98 Å². The van der Waals surface area contributed by atoms with Crippen LogP contribution in [0.2, 0.25) is 0 Å². The van der Waals surface area contributed by atoms with Crippen molar-refractivity contribution < 1.29 is 4.79 Å². The minimum Gasteiger partial charge on any atom is -0.319 e. The van der Waals surface area contributed by atoms with Gasteiger partial charge in [0.15, 0.2) is 0 Å². The summed E-state index contributed by atoms with van der Waals surface area (Å²) in [5.41, 5.74) is 1.93. The number of amides is 1. The summed E-state index contributed by atoms with van der Waals surface area (Å²) in [5, 5.41) is 8.88. The lowest BCUT2D eigenvalue weighted by molar-refractivity contribution is 0.101. The first-order valence-corrected chi connectivity index (χ1v) is 5.55. The van der Waals surface area contributed by atoms with Crippen molar-refractivity contribution in [2.24, 2.45) is 0 Å². The van der Waals surface area contributed by atoms with Crippen molar-refractivity contribution in [3.05, 3.63) is 42.0 Å². The summed E-state index contributed by atoms with van der Waals surface area (Å²) < 4.78 is 0. The smallest absolute Gasteiger partial charge is 0.292 e.